The summed E-state index contributed by atoms with van der Waals surface area (Å²) in [6, 6.07) is 0. The fraction of sp³-hybridized carbons (Fsp3) is 0.636. The Balaban J connectivity index is 3.97. The molecule has 2 atom stereocenters. The molecule has 1 amide bonds. The quantitative estimate of drug-likeness (QED) is 0.524. The fourth-order valence-corrected chi connectivity index (χ4v) is 0.975. The van der Waals surface area contributed by atoms with Gasteiger partial charge < -0.3 is 10.4 Å². The molecule has 4 heteroatoms. The molecule has 0 aromatic heterocycles. The van der Waals surface area contributed by atoms with E-state index in [4.69, 9.17) is 5.11 Å². The molecular formula is C11H17NO3. The molecule has 84 valence electrons. The third kappa shape index (κ3) is 5.06. The van der Waals surface area contributed by atoms with Gasteiger partial charge in [-0.3, -0.25) is 9.59 Å². The first-order chi connectivity index (χ1) is 7.00. The lowest BCUT2D eigenvalue weighted by molar-refractivity contribution is -0.146. The molecule has 0 rings (SSSR count). The van der Waals surface area contributed by atoms with E-state index in [0.29, 0.717) is 13.0 Å². The van der Waals surface area contributed by atoms with Gasteiger partial charge in [-0.15, -0.1) is 11.8 Å². The van der Waals surface area contributed by atoms with Crippen LogP contribution in [-0.4, -0.2) is 23.5 Å². The van der Waals surface area contributed by atoms with E-state index in [0.717, 1.165) is 0 Å². The third-order valence-electron chi connectivity index (χ3n) is 2.28. The van der Waals surface area contributed by atoms with Crippen molar-refractivity contribution >= 4 is 11.9 Å². The van der Waals surface area contributed by atoms with Crippen LogP contribution in [0, 0.1) is 23.7 Å². The maximum absolute atomic E-state index is 11.4. The Kier molecular flexibility index (Phi) is 6.19. The molecule has 15 heavy (non-hydrogen) atoms. The highest BCUT2D eigenvalue weighted by atomic mass is 16.4. The van der Waals surface area contributed by atoms with Crippen LogP contribution in [0.1, 0.15) is 27.2 Å². The smallest absolute Gasteiger partial charge is 0.307 e. The van der Waals surface area contributed by atoms with Gasteiger partial charge in [-0.1, -0.05) is 13.8 Å². The third-order valence-corrected chi connectivity index (χ3v) is 2.28. The summed E-state index contributed by atoms with van der Waals surface area (Å²) in [7, 11) is 0. The Morgan fingerprint density at radius 2 is 1.93 bits per heavy atom. The number of nitrogens with one attached hydrogen (secondary N) is 1. The monoisotopic (exact) mass is 211 g/mol. The lowest BCUT2D eigenvalue weighted by Gasteiger charge is -2.14. The first kappa shape index (κ1) is 13.5. The Hall–Kier alpha value is -1.50. The summed E-state index contributed by atoms with van der Waals surface area (Å²) in [5.74, 6) is 3.16. The lowest BCUT2D eigenvalue weighted by atomic mass is 9.95. The number of carbonyl (C=O) groups is 2. The number of carboxylic acid groups (broad SMARTS) is 1. The Morgan fingerprint density at radius 1 is 1.33 bits per heavy atom. The summed E-state index contributed by atoms with van der Waals surface area (Å²) in [5, 5.41) is 11.4. The van der Waals surface area contributed by atoms with Gasteiger partial charge in [0, 0.05) is 18.9 Å². The average molecular weight is 211 g/mol. The van der Waals surface area contributed by atoms with Gasteiger partial charge >= 0.3 is 5.97 Å². The number of carboxylic acids is 1. The van der Waals surface area contributed by atoms with Gasteiger partial charge in [0.05, 0.1) is 5.92 Å². The van der Waals surface area contributed by atoms with Gasteiger partial charge in [0.15, 0.2) is 0 Å². The van der Waals surface area contributed by atoms with Crippen LogP contribution >= 0.6 is 0 Å². The van der Waals surface area contributed by atoms with E-state index in [1.165, 1.54) is 6.92 Å². The zero-order valence-electron chi connectivity index (χ0n) is 9.33. The summed E-state index contributed by atoms with van der Waals surface area (Å²) in [5.41, 5.74) is 0. The van der Waals surface area contributed by atoms with Gasteiger partial charge in [-0.05, 0) is 6.92 Å². The van der Waals surface area contributed by atoms with E-state index in [-0.39, 0.29) is 5.91 Å². The Bertz CT molecular complexity index is 288. The maximum Gasteiger partial charge on any atom is 0.307 e. The molecule has 0 aliphatic rings. The molecule has 0 radical (unpaired) electrons. The van der Waals surface area contributed by atoms with Crippen LogP contribution in [0.15, 0.2) is 0 Å². The van der Waals surface area contributed by atoms with Crippen molar-refractivity contribution in [3.63, 3.8) is 0 Å². The highest BCUT2D eigenvalue weighted by Crippen LogP contribution is 2.10. The van der Waals surface area contributed by atoms with Crippen molar-refractivity contribution in [2.75, 3.05) is 6.54 Å². The second-order valence-electron chi connectivity index (χ2n) is 3.38. The van der Waals surface area contributed by atoms with Gasteiger partial charge in [-0.2, -0.15) is 0 Å². The van der Waals surface area contributed by atoms with Crippen LogP contribution in [0.2, 0.25) is 0 Å². The highest BCUT2D eigenvalue weighted by molar-refractivity contribution is 5.84. The van der Waals surface area contributed by atoms with Gasteiger partial charge in [-0.25, -0.2) is 0 Å². The molecule has 4 nitrogen and oxygen atoms in total. The summed E-state index contributed by atoms with van der Waals surface area (Å²) in [6.07, 6.45) is 0.594. The van der Waals surface area contributed by atoms with Gasteiger partial charge in [0.25, 0.3) is 0 Å². The van der Waals surface area contributed by atoms with Crippen LogP contribution in [-0.2, 0) is 9.59 Å². The number of hydrogen-bond donors (Lipinski definition) is 2. The number of amides is 1. The van der Waals surface area contributed by atoms with Crippen molar-refractivity contribution in [3.8, 4) is 11.8 Å². The van der Waals surface area contributed by atoms with E-state index >= 15 is 0 Å². The number of rotatable bonds is 5. The average Bonchev–Trinajstić information content (AvgIpc) is 2.21. The molecule has 0 aromatic rings. The van der Waals surface area contributed by atoms with E-state index < -0.39 is 17.8 Å². The minimum absolute atomic E-state index is 0.234. The normalized spacial score (nSPS) is 13.3. The Labute approximate surface area is 90.1 Å². The summed E-state index contributed by atoms with van der Waals surface area (Å²) >= 11 is 0. The summed E-state index contributed by atoms with van der Waals surface area (Å²) in [4.78, 5) is 22.0. The SMILES string of the molecule is CC#CCCNC(=O)C(C)C(C)C(=O)O. The van der Waals surface area contributed by atoms with Crippen LogP contribution in [0.4, 0.5) is 0 Å². The Morgan fingerprint density at radius 3 is 2.40 bits per heavy atom. The first-order valence-electron chi connectivity index (χ1n) is 4.90. The van der Waals surface area contributed by atoms with Crippen molar-refractivity contribution in [2.24, 2.45) is 11.8 Å². The topological polar surface area (TPSA) is 66.4 Å². The molecule has 0 saturated carbocycles. The summed E-state index contributed by atoms with van der Waals surface area (Å²) in [6.45, 7) is 5.34. The van der Waals surface area contributed by atoms with Crippen LogP contribution in [0.5, 0.6) is 0 Å². The minimum atomic E-state index is -0.953. The molecule has 0 heterocycles. The van der Waals surface area contributed by atoms with Crippen molar-refractivity contribution < 1.29 is 14.7 Å². The lowest BCUT2D eigenvalue weighted by Crippen LogP contribution is -2.35. The zero-order valence-corrected chi connectivity index (χ0v) is 9.33. The minimum Gasteiger partial charge on any atom is -0.481 e. The maximum atomic E-state index is 11.4. The number of carbonyl (C=O) groups excluding carboxylic acids is 1. The zero-order chi connectivity index (χ0) is 11.8. The molecule has 0 fully saturated rings. The molecule has 0 aliphatic heterocycles. The number of hydrogen-bond acceptors (Lipinski definition) is 2. The molecule has 0 aromatic carbocycles. The second kappa shape index (κ2) is 6.88. The van der Waals surface area contributed by atoms with Gasteiger partial charge in [0.1, 0.15) is 0 Å². The second-order valence-corrected chi connectivity index (χ2v) is 3.38. The van der Waals surface area contributed by atoms with Crippen LogP contribution < -0.4 is 5.32 Å². The predicted molar refractivity (Wildman–Crippen MR) is 57.0 cm³/mol. The van der Waals surface area contributed by atoms with E-state index in [1.807, 2.05) is 0 Å². The van der Waals surface area contributed by atoms with Crippen molar-refractivity contribution in [3.05, 3.63) is 0 Å². The first-order valence-corrected chi connectivity index (χ1v) is 4.90. The van der Waals surface area contributed by atoms with Crippen LogP contribution in [0.3, 0.4) is 0 Å². The molecule has 0 spiro atoms. The van der Waals surface area contributed by atoms with Crippen molar-refractivity contribution in [1.82, 2.24) is 5.32 Å². The number of aliphatic carboxylic acids is 1. The largest absolute Gasteiger partial charge is 0.481 e. The van der Waals surface area contributed by atoms with Crippen molar-refractivity contribution in [2.45, 2.75) is 27.2 Å². The molecule has 2 N–H and O–H groups in total. The fourth-order valence-electron chi connectivity index (χ4n) is 0.975. The molecule has 0 saturated heterocycles. The molecule has 2 unspecified atom stereocenters. The molecular weight excluding hydrogens is 194 g/mol. The standard InChI is InChI=1S/C11H17NO3/c1-4-5-6-7-12-10(13)8(2)9(3)11(14)15/h8-9H,6-7H2,1-3H3,(H,12,13)(H,14,15). The van der Waals surface area contributed by atoms with Gasteiger partial charge in [0.2, 0.25) is 5.91 Å². The van der Waals surface area contributed by atoms with Crippen LogP contribution in [0.25, 0.3) is 0 Å². The summed E-state index contributed by atoms with van der Waals surface area (Å²) < 4.78 is 0. The van der Waals surface area contributed by atoms with E-state index in [1.54, 1.807) is 13.8 Å². The van der Waals surface area contributed by atoms with E-state index in [9.17, 15) is 9.59 Å². The van der Waals surface area contributed by atoms with Crippen molar-refractivity contribution in [1.29, 1.82) is 0 Å². The molecule has 0 bridgehead atoms. The molecule has 0 aliphatic carbocycles. The highest BCUT2D eigenvalue weighted by Gasteiger charge is 2.25. The van der Waals surface area contributed by atoms with E-state index in [2.05, 4.69) is 17.2 Å². The predicted octanol–water partition coefficient (Wildman–Crippen LogP) is 0.873.